The zero-order chi connectivity index (χ0) is 16.4. The molecule has 2 aromatic rings. The van der Waals surface area contributed by atoms with Crippen LogP contribution >= 0.6 is 0 Å². The molecule has 0 fully saturated rings. The third kappa shape index (κ3) is 4.01. The first kappa shape index (κ1) is 16.4. The number of hydrogen-bond donors (Lipinski definition) is 1. The third-order valence-electron chi connectivity index (χ3n) is 2.82. The highest BCUT2D eigenvalue weighted by atomic mass is 32.2. The standard InChI is InChI=1S/C13H15N3O4S2/c1-3-22(19,20)13-9-8-12(14-15-13)10-4-6-11(7-5-10)16-21(2,17)18/h4-9,16H,3H2,1-2H3. The number of sulfone groups is 1. The van der Waals surface area contributed by atoms with Gasteiger partial charge >= 0.3 is 0 Å². The van der Waals surface area contributed by atoms with E-state index in [4.69, 9.17) is 0 Å². The van der Waals surface area contributed by atoms with E-state index in [1.54, 1.807) is 37.3 Å². The number of nitrogens with one attached hydrogen (secondary N) is 1. The molecule has 0 atom stereocenters. The average molecular weight is 341 g/mol. The Kier molecular flexibility index (Phi) is 4.47. The molecule has 9 heteroatoms. The summed E-state index contributed by atoms with van der Waals surface area (Å²) >= 11 is 0. The second-order valence-electron chi connectivity index (χ2n) is 4.61. The van der Waals surface area contributed by atoms with E-state index in [-0.39, 0.29) is 10.8 Å². The summed E-state index contributed by atoms with van der Waals surface area (Å²) in [6.07, 6.45) is 1.07. The van der Waals surface area contributed by atoms with Crippen LogP contribution < -0.4 is 4.72 Å². The van der Waals surface area contributed by atoms with Crippen LogP contribution in [-0.4, -0.2) is 39.0 Å². The molecule has 0 saturated heterocycles. The lowest BCUT2D eigenvalue weighted by molar-refractivity contribution is 0.591. The van der Waals surface area contributed by atoms with E-state index in [1.807, 2.05) is 0 Å². The minimum atomic E-state index is -3.37. The molecule has 7 nitrogen and oxygen atoms in total. The molecule has 1 aromatic heterocycles. The lowest BCUT2D eigenvalue weighted by atomic mass is 10.1. The van der Waals surface area contributed by atoms with E-state index in [9.17, 15) is 16.8 Å². The minimum absolute atomic E-state index is 0.0348. The van der Waals surface area contributed by atoms with Gasteiger partial charge in [-0.1, -0.05) is 19.1 Å². The Balaban J connectivity index is 2.26. The lowest BCUT2D eigenvalue weighted by Crippen LogP contribution is -2.09. The molecule has 0 amide bonds. The Hall–Kier alpha value is -2.00. The van der Waals surface area contributed by atoms with Crippen LogP contribution in [0.1, 0.15) is 6.92 Å². The SMILES string of the molecule is CCS(=O)(=O)c1ccc(-c2ccc(NS(C)(=O)=O)cc2)nn1. The van der Waals surface area contributed by atoms with Gasteiger partial charge in [-0.25, -0.2) is 16.8 Å². The van der Waals surface area contributed by atoms with Crippen molar-refractivity contribution in [2.24, 2.45) is 0 Å². The first-order chi connectivity index (χ1) is 10.2. The van der Waals surface area contributed by atoms with Crippen molar-refractivity contribution in [3.63, 3.8) is 0 Å². The number of hydrogen-bond acceptors (Lipinski definition) is 6. The first-order valence-electron chi connectivity index (χ1n) is 6.36. The second kappa shape index (κ2) is 6.01. The minimum Gasteiger partial charge on any atom is -0.284 e. The van der Waals surface area contributed by atoms with Gasteiger partial charge in [-0.3, -0.25) is 4.72 Å². The van der Waals surface area contributed by atoms with Crippen molar-refractivity contribution in [2.75, 3.05) is 16.7 Å². The number of anilines is 1. The Labute approximate surface area is 129 Å². The molecular weight excluding hydrogens is 326 g/mol. The lowest BCUT2D eigenvalue weighted by Gasteiger charge is -2.05. The van der Waals surface area contributed by atoms with E-state index in [1.165, 1.54) is 6.07 Å². The Bertz CT molecular complexity index is 859. The molecule has 0 spiro atoms. The summed E-state index contributed by atoms with van der Waals surface area (Å²) in [5.41, 5.74) is 1.64. The van der Waals surface area contributed by atoms with Crippen molar-refractivity contribution < 1.29 is 16.8 Å². The summed E-state index contributed by atoms with van der Waals surface area (Å²) in [7, 11) is -6.70. The van der Waals surface area contributed by atoms with E-state index >= 15 is 0 Å². The van der Waals surface area contributed by atoms with Gasteiger partial charge in [-0.05, 0) is 24.3 Å². The fourth-order valence-electron chi connectivity index (χ4n) is 1.71. The maximum absolute atomic E-state index is 11.7. The van der Waals surface area contributed by atoms with Crippen molar-refractivity contribution in [1.82, 2.24) is 10.2 Å². The molecule has 0 aliphatic carbocycles. The Morgan fingerprint density at radius 3 is 2.05 bits per heavy atom. The van der Waals surface area contributed by atoms with Gasteiger partial charge < -0.3 is 0 Å². The maximum Gasteiger partial charge on any atom is 0.229 e. The predicted octanol–water partition coefficient (Wildman–Crippen LogP) is 1.31. The molecule has 0 radical (unpaired) electrons. The molecule has 22 heavy (non-hydrogen) atoms. The highest BCUT2D eigenvalue weighted by molar-refractivity contribution is 7.92. The smallest absolute Gasteiger partial charge is 0.229 e. The summed E-state index contributed by atoms with van der Waals surface area (Å²) < 4.78 is 47.9. The molecule has 1 aromatic carbocycles. The van der Waals surface area contributed by atoms with Gasteiger partial charge in [0.2, 0.25) is 10.0 Å². The topological polar surface area (TPSA) is 106 Å². The normalized spacial score (nSPS) is 12.1. The van der Waals surface area contributed by atoms with Gasteiger partial charge in [0, 0.05) is 11.3 Å². The number of aromatic nitrogens is 2. The largest absolute Gasteiger partial charge is 0.284 e. The highest BCUT2D eigenvalue weighted by Gasteiger charge is 2.14. The molecule has 0 bridgehead atoms. The van der Waals surface area contributed by atoms with Crippen LogP contribution in [0, 0.1) is 0 Å². The van der Waals surface area contributed by atoms with E-state index in [0.29, 0.717) is 16.9 Å². The average Bonchev–Trinajstić information content (AvgIpc) is 2.46. The van der Waals surface area contributed by atoms with E-state index < -0.39 is 19.9 Å². The summed E-state index contributed by atoms with van der Waals surface area (Å²) in [5, 5.41) is 7.57. The summed E-state index contributed by atoms with van der Waals surface area (Å²) in [6, 6.07) is 9.50. The highest BCUT2D eigenvalue weighted by Crippen LogP contribution is 2.20. The van der Waals surface area contributed by atoms with Gasteiger partial charge in [0.05, 0.1) is 17.7 Å². The predicted molar refractivity (Wildman–Crippen MR) is 83.7 cm³/mol. The molecular formula is C13H15N3O4S2. The molecule has 0 aliphatic heterocycles. The molecule has 0 aliphatic rings. The van der Waals surface area contributed by atoms with Crippen molar-refractivity contribution >= 4 is 25.5 Å². The summed E-state index contributed by atoms with van der Waals surface area (Å²) in [6.45, 7) is 1.54. The zero-order valence-electron chi connectivity index (χ0n) is 12.0. The van der Waals surface area contributed by atoms with Crippen LogP contribution in [-0.2, 0) is 19.9 Å². The number of rotatable bonds is 5. The molecule has 118 valence electrons. The van der Waals surface area contributed by atoms with Crippen molar-refractivity contribution in [1.29, 1.82) is 0 Å². The number of nitrogens with zero attached hydrogens (tertiary/aromatic N) is 2. The number of sulfonamides is 1. The fraction of sp³-hybridized carbons (Fsp3) is 0.231. The third-order valence-corrected chi connectivity index (χ3v) is 5.04. The van der Waals surface area contributed by atoms with Gasteiger partial charge in [-0.2, -0.15) is 0 Å². The summed E-state index contributed by atoms with van der Waals surface area (Å²) in [5.74, 6) is -0.0348. The zero-order valence-corrected chi connectivity index (χ0v) is 13.6. The van der Waals surface area contributed by atoms with Gasteiger partial charge in [0.1, 0.15) is 0 Å². The fourth-order valence-corrected chi connectivity index (χ4v) is 3.01. The quantitative estimate of drug-likeness (QED) is 0.879. The van der Waals surface area contributed by atoms with Crippen LogP contribution in [0.4, 0.5) is 5.69 Å². The molecule has 2 rings (SSSR count). The Morgan fingerprint density at radius 2 is 1.59 bits per heavy atom. The van der Waals surface area contributed by atoms with Gasteiger partial charge in [0.25, 0.3) is 0 Å². The number of benzene rings is 1. The van der Waals surface area contributed by atoms with Gasteiger partial charge in [0.15, 0.2) is 14.9 Å². The van der Waals surface area contributed by atoms with Crippen LogP contribution in [0.5, 0.6) is 0 Å². The van der Waals surface area contributed by atoms with Crippen LogP contribution in [0.2, 0.25) is 0 Å². The van der Waals surface area contributed by atoms with E-state index in [0.717, 1.165) is 6.26 Å². The van der Waals surface area contributed by atoms with Gasteiger partial charge in [-0.15, -0.1) is 10.2 Å². The maximum atomic E-state index is 11.7. The van der Waals surface area contributed by atoms with Crippen LogP contribution in [0.25, 0.3) is 11.3 Å². The second-order valence-corrected chi connectivity index (χ2v) is 8.59. The van der Waals surface area contributed by atoms with Crippen molar-refractivity contribution in [3.8, 4) is 11.3 Å². The molecule has 1 heterocycles. The van der Waals surface area contributed by atoms with Crippen molar-refractivity contribution in [3.05, 3.63) is 36.4 Å². The summed E-state index contributed by atoms with van der Waals surface area (Å²) in [4.78, 5) is 0. The molecule has 0 unspecified atom stereocenters. The van der Waals surface area contributed by atoms with Crippen LogP contribution in [0.3, 0.4) is 0 Å². The van der Waals surface area contributed by atoms with Crippen LogP contribution in [0.15, 0.2) is 41.4 Å². The Morgan fingerprint density at radius 1 is 0.955 bits per heavy atom. The first-order valence-corrected chi connectivity index (χ1v) is 9.90. The monoisotopic (exact) mass is 341 g/mol. The van der Waals surface area contributed by atoms with E-state index in [2.05, 4.69) is 14.9 Å². The molecule has 1 N–H and O–H groups in total. The van der Waals surface area contributed by atoms with Crippen molar-refractivity contribution in [2.45, 2.75) is 11.9 Å². The molecule has 0 saturated carbocycles.